The van der Waals surface area contributed by atoms with Crippen LogP contribution in [0.15, 0.2) is 42.5 Å². The number of nitrogens with one attached hydrogen (secondary N) is 1. The quantitative estimate of drug-likeness (QED) is 0.887. The first-order valence-corrected chi connectivity index (χ1v) is 5.95. The molecule has 0 fully saturated rings. The van der Waals surface area contributed by atoms with Crippen LogP contribution >= 0.6 is 0 Å². The molecule has 0 unspecified atom stereocenters. The van der Waals surface area contributed by atoms with Gasteiger partial charge in [-0.05, 0) is 23.3 Å². The molecule has 2 aromatic rings. The first-order valence-electron chi connectivity index (χ1n) is 5.95. The van der Waals surface area contributed by atoms with Gasteiger partial charge in [0.05, 0.1) is 6.61 Å². The Bertz CT molecular complexity index is 537. The van der Waals surface area contributed by atoms with E-state index in [0.717, 1.165) is 11.1 Å². The molecule has 1 N–H and O–H groups in total. The molecule has 0 saturated heterocycles. The van der Waals surface area contributed by atoms with E-state index in [1.807, 2.05) is 24.3 Å². The Balaban J connectivity index is 2.08. The Hall–Kier alpha value is -1.94. The van der Waals surface area contributed by atoms with Crippen molar-refractivity contribution in [1.29, 1.82) is 0 Å². The van der Waals surface area contributed by atoms with Crippen molar-refractivity contribution in [3.63, 3.8) is 0 Å². The standard InChI is InChI=1S/C15H15F2NO/c1-19-10-12-5-2-4-11(8-12)9-18-15-13(16)6-3-7-14(15)17/h2-8,18H,9-10H2,1H3. The molecule has 0 heterocycles. The van der Waals surface area contributed by atoms with Crippen molar-refractivity contribution in [2.45, 2.75) is 13.2 Å². The third-order valence-corrected chi connectivity index (χ3v) is 2.73. The van der Waals surface area contributed by atoms with E-state index in [1.54, 1.807) is 7.11 Å². The van der Waals surface area contributed by atoms with Crippen LogP contribution in [0.1, 0.15) is 11.1 Å². The highest BCUT2D eigenvalue weighted by atomic mass is 19.1. The van der Waals surface area contributed by atoms with Gasteiger partial charge in [-0.2, -0.15) is 0 Å². The van der Waals surface area contributed by atoms with Crippen molar-refractivity contribution in [2.75, 3.05) is 12.4 Å². The topological polar surface area (TPSA) is 21.3 Å². The molecule has 4 heteroatoms. The molecule has 0 amide bonds. The van der Waals surface area contributed by atoms with Crippen molar-refractivity contribution in [1.82, 2.24) is 0 Å². The van der Waals surface area contributed by atoms with E-state index in [1.165, 1.54) is 18.2 Å². The molecule has 0 aliphatic heterocycles. The number of rotatable bonds is 5. The maximum atomic E-state index is 13.4. The van der Waals surface area contributed by atoms with Gasteiger partial charge in [0.15, 0.2) is 0 Å². The number of methoxy groups -OCH3 is 1. The fourth-order valence-electron chi connectivity index (χ4n) is 1.85. The molecule has 0 bridgehead atoms. The maximum absolute atomic E-state index is 13.4. The monoisotopic (exact) mass is 263 g/mol. The van der Waals surface area contributed by atoms with E-state index in [9.17, 15) is 8.78 Å². The van der Waals surface area contributed by atoms with Crippen LogP contribution in [0.4, 0.5) is 14.5 Å². The fourth-order valence-corrected chi connectivity index (χ4v) is 1.85. The SMILES string of the molecule is COCc1cccc(CNc2c(F)cccc2F)c1. The highest BCUT2D eigenvalue weighted by Crippen LogP contribution is 2.19. The summed E-state index contributed by atoms with van der Waals surface area (Å²) < 4.78 is 31.9. The van der Waals surface area contributed by atoms with Gasteiger partial charge in [0.2, 0.25) is 0 Å². The van der Waals surface area contributed by atoms with E-state index < -0.39 is 11.6 Å². The molecule has 0 radical (unpaired) electrons. The summed E-state index contributed by atoms with van der Waals surface area (Å²) in [5, 5.41) is 2.78. The summed E-state index contributed by atoms with van der Waals surface area (Å²) in [4.78, 5) is 0. The third kappa shape index (κ3) is 3.51. The summed E-state index contributed by atoms with van der Waals surface area (Å²) in [5.74, 6) is -1.18. The van der Waals surface area contributed by atoms with Crippen LogP contribution in [0, 0.1) is 11.6 Å². The lowest BCUT2D eigenvalue weighted by Gasteiger charge is -2.09. The predicted octanol–water partition coefficient (Wildman–Crippen LogP) is 3.72. The fraction of sp³-hybridized carbons (Fsp3) is 0.200. The molecule has 2 nitrogen and oxygen atoms in total. The minimum atomic E-state index is -0.590. The number of anilines is 1. The van der Waals surface area contributed by atoms with Crippen LogP contribution in [0.5, 0.6) is 0 Å². The van der Waals surface area contributed by atoms with Crippen molar-refractivity contribution in [2.24, 2.45) is 0 Å². The summed E-state index contributed by atoms with van der Waals surface area (Å²) in [6.45, 7) is 0.872. The average Bonchev–Trinajstić information content (AvgIpc) is 2.39. The molecule has 0 atom stereocenters. The highest BCUT2D eigenvalue weighted by molar-refractivity contribution is 5.46. The average molecular weight is 263 g/mol. The molecule has 0 aliphatic rings. The van der Waals surface area contributed by atoms with Crippen molar-refractivity contribution in [3.8, 4) is 0 Å². The molecule has 0 spiro atoms. The number of hydrogen-bond donors (Lipinski definition) is 1. The Kier molecular flexibility index (Phi) is 4.47. The van der Waals surface area contributed by atoms with Gasteiger partial charge < -0.3 is 10.1 Å². The summed E-state index contributed by atoms with van der Waals surface area (Å²) in [6, 6.07) is 11.5. The van der Waals surface area contributed by atoms with Gasteiger partial charge in [-0.25, -0.2) is 8.78 Å². The van der Waals surface area contributed by atoms with Gasteiger partial charge in [-0.3, -0.25) is 0 Å². The second-order valence-electron chi connectivity index (χ2n) is 4.20. The van der Waals surface area contributed by atoms with Crippen LogP contribution in [-0.2, 0) is 17.9 Å². The van der Waals surface area contributed by atoms with Crippen molar-refractivity contribution >= 4 is 5.69 Å². The summed E-state index contributed by atoms with van der Waals surface area (Å²) in [5.41, 5.74) is 1.87. The third-order valence-electron chi connectivity index (χ3n) is 2.73. The first kappa shape index (κ1) is 13.5. The van der Waals surface area contributed by atoms with Crippen molar-refractivity contribution in [3.05, 3.63) is 65.2 Å². The number of ether oxygens (including phenoxy) is 1. The van der Waals surface area contributed by atoms with Crippen LogP contribution in [0.25, 0.3) is 0 Å². The zero-order valence-corrected chi connectivity index (χ0v) is 10.6. The van der Waals surface area contributed by atoms with Crippen LogP contribution < -0.4 is 5.32 Å². The maximum Gasteiger partial charge on any atom is 0.149 e. The van der Waals surface area contributed by atoms with Gasteiger partial charge in [0, 0.05) is 13.7 Å². The van der Waals surface area contributed by atoms with E-state index in [-0.39, 0.29) is 5.69 Å². The Labute approximate surface area is 111 Å². The minimum absolute atomic E-state index is 0.0976. The number of hydrogen-bond acceptors (Lipinski definition) is 2. The Morgan fingerprint density at radius 2 is 1.63 bits per heavy atom. The summed E-state index contributed by atoms with van der Waals surface area (Å²) in [6.07, 6.45) is 0. The smallest absolute Gasteiger partial charge is 0.149 e. The van der Waals surface area contributed by atoms with Gasteiger partial charge in [-0.15, -0.1) is 0 Å². The molecular weight excluding hydrogens is 248 g/mol. The second-order valence-corrected chi connectivity index (χ2v) is 4.20. The number of benzene rings is 2. The number of para-hydroxylation sites is 1. The zero-order valence-electron chi connectivity index (χ0n) is 10.6. The Morgan fingerprint density at radius 3 is 2.32 bits per heavy atom. The molecule has 0 aliphatic carbocycles. The molecule has 100 valence electrons. The largest absolute Gasteiger partial charge is 0.380 e. The minimum Gasteiger partial charge on any atom is -0.380 e. The van der Waals surface area contributed by atoms with Crippen LogP contribution in [-0.4, -0.2) is 7.11 Å². The normalized spacial score (nSPS) is 10.5. The molecule has 19 heavy (non-hydrogen) atoms. The van der Waals surface area contributed by atoms with E-state index in [0.29, 0.717) is 13.2 Å². The lowest BCUT2D eigenvalue weighted by molar-refractivity contribution is 0.185. The van der Waals surface area contributed by atoms with Gasteiger partial charge in [0.25, 0.3) is 0 Å². The van der Waals surface area contributed by atoms with E-state index in [2.05, 4.69) is 5.32 Å². The van der Waals surface area contributed by atoms with E-state index in [4.69, 9.17) is 4.74 Å². The molecule has 2 aromatic carbocycles. The first-order chi connectivity index (χ1) is 9.20. The molecule has 0 aromatic heterocycles. The second kappa shape index (κ2) is 6.29. The summed E-state index contributed by atoms with van der Waals surface area (Å²) >= 11 is 0. The van der Waals surface area contributed by atoms with Gasteiger partial charge in [-0.1, -0.05) is 30.3 Å². The van der Waals surface area contributed by atoms with Crippen LogP contribution in [0.3, 0.4) is 0 Å². The molecule has 0 saturated carbocycles. The lowest BCUT2D eigenvalue weighted by atomic mass is 10.1. The van der Waals surface area contributed by atoms with Gasteiger partial charge in [0.1, 0.15) is 17.3 Å². The molecular formula is C15H15F2NO. The van der Waals surface area contributed by atoms with Crippen molar-refractivity contribution < 1.29 is 13.5 Å². The van der Waals surface area contributed by atoms with Crippen LogP contribution in [0.2, 0.25) is 0 Å². The highest BCUT2D eigenvalue weighted by Gasteiger charge is 2.07. The molecule has 2 rings (SSSR count). The summed E-state index contributed by atoms with van der Waals surface area (Å²) in [7, 11) is 1.62. The Morgan fingerprint density at radius 1 is 1.00 bits per heavy atom. The predicted molar refractivity (Wildman–Crippen MR) is 70.8 cm³/mol. The van der Waals surface area contributed by atoms with Gasteiger partial charge >= 0.3 is 0 Å². The lowest BCUT2D eigenvalue weighted by Crippen LogP contribution is -2.04. The zero-order chi connectivity index (χ0) is 13.7. The number of halogens is 2. The van der Waals surface area contributed by atoms with E-state index >= 15 is 0 Å².